The average molecular weight is 308 g/mol. The second-order valence-electron chi connectivity index (χ2n) is 4.32. The lowest BCUT2D eigenvalue weighted by Crippen LogP contribution is -2.59. The Kier molecular flexibility index (Phi) is 4.49. The monoisotopic (exact) mass is 308 g/mol. The molecule has 1 aliphatic rings. The molecule has 1 aliphatic heterocycles. The van der Waals surface area contributed by atoms with Gasteiger partial charge in [-0.05, 0) is 17.8 Å². The molecule has 0 spiro atoms. The summed E-state index contributed by atoms with van der Waals surface area (Å²) in [5.41, 5.74) is 0.754. The standard InChI is InChI=1S/C13H12N2O5S/c16-10-6-9(11(17)18)15(12(21)14-10)13(19)20-7-8-4-2-1-3-5-8/h1-5,9H,6-7H2,(H,17,18)(H,14,16,21). The molecular formula is C13H12N2O5S. The van der Waals surface area contributed by atoms with Crippen LogP contribution in [0.5, 0.6) is 0 Å². The van der Waals surface area contributed by atoms with E-state index in [-0.39, 0.29) is 18.1 Å². The molecule has 1 aromatic carbocycles. The van der Waals surface area contributed by atoms with Crippen LogP contribution in [0, 0.1) is 0 Å². The number of carbonyl (C=O) groups is 3. The number of thiocarbonyl (C=S) groups is 1. The molecule has 1 fully saturated rings. The predicted octanol–water partition coefficient (Wildman–Crippen LogP) is 0.883. The molecule has 1 heterocycles. The summed E-state index contributed by atoms with van der Waals surface area (Å²) in [6.07, 6.45) is -1.27. The zero-order valence-corrected chi connectivity index (χ0v) is 11.6. The molecule has 8 heteroatoms. The van der Waals surface area contributed by atoms with Crippen molar-refractivity contribution in [3.63, 3.8) is 0 Å². The van der Waals surface area contributed by atoms with Crippen molar-refractivity contribution >= 4 is 35.3 Å². The van der Waals surface area contributed by atoms with E-state index in [1.165, 1.54) is 0 Å². The van der Waals surface area contributed by atoms with Gasteiger partial charge in [0.15, 0.2) is 5.11 Å². The molecule has 0 bridgehead atoms. The highest BCUT2D eigenvalue weighted by Crippen LogP contribution is 2.14. The molecule has 2 N–H and O–H groups in total. The highest BCUT2D eigenvalue weighted by Gasteiger charge is 2.40. The van der Waals surface area contributed by atoms with Crippen LogP contribution in [-0.4, -0.2) is 39.1 Å². The number of carboxylic acid groups (broad SMARTS) is 1. The number of aliphatic carboxylic acids is 1. The molecule has 110 valence electrons. The van der Waals surface area contributed by atoms with Gasteiger partial charge in [0.05, 0.1) is 6.42 Å². The normalized spacial score (nSPS) is 18.1. The summed E-state index contributed by atoms with van der Waals surface area (Å²) >= 11 is 4.84. The van der Waals surface area contributed by atoms with Gasteiger partial charge in [0.25, 0.3) is 0 Å². The summed E-state index contributed by atoms with van der Waals surface area (Å²) in [6, 6.07) is 7.57. The first kappa shape index (κ1) is 14.9. The molecule has 21 heavy (non-hydrogen) atoms. The molecule has 0 saturated carbocycles. The third-order valence-electron chi connectivity index (χ3n) is 2.84. The Hall–Kier alpha value is -2.48. The van der Waals surface area contributed by atoms with Gasteiger partial charge >= 0.3 is 12.1 Å². The number of hydrogen-bond donors (Lipinski definition) is 2. The van der Waals surface area contributed by atoms with Crippen molar-refractivity contribution in [2.75, 3.05) is 0 Å². The zero-order valence-electron chi connectivity index (χ0n) is 10.8. The molecule has 7 nitrogen and oxygen atoms in total. The van der Waals surface area contributed by atoms with Gasteiger partial charge in [-0.1, -0.05) is 30.3 Å². The van der Waals surface area contributed by atoms with E-state index in [0.29, 0.717) is 0 Å². The number of benzene rings is 1. The maximum atomic E-state index is 12.0. The second-order valence-corrected chi connectivity index (χ2v) is 4.71. The number of nitrogens with zero attached hydrogens (tertiary/aromatic N) is 1. The quantitative estimate of drug-likeness (QED) is 0.805. The lowest BCUT2D eigenvalue weighted by atomic mass is 10.1. The Bertz CT molecular complexity index is 589. The van der Waals surface area contributed by atoms with Crippen LogP contribution >= 0.6 is 12.2 Å². The fraction of sp³-hybridized carbons (Fsp3) is 0.231. The van der Waals surface area contributed by atoms with Crippen molar-refractivity contribution in [2.45, 2.75) is 19.1 Å². The van der Waals surface area contributed by atoms with Gasteiger partial charge in [0.2, 0.25) is 5.91 Å². The minimum atomic E-state index is -1.35. The lowest BCUT2D eigenvalue weighted by Gasteiger charge is -2.31. The van der Waals surface area contributed by atoms with Crippen LogP contribution in [0.15, 0.2) is 30.3 Å². The van der Waals surface area contributed by atoms with E-state index in [2.05, 4.69) is 5.32 Å². The Morgan fingerprint density at radius 2 is 2.05 bits per heavy atom. The van der Waals surface area contributed by atoms with Crippen LogP contribution in [0.25, 0.3) is 0 Å². The van der Waals surface area contributed by atoms with E-state index in [1.54, 1.807) is 24.3 Å². The Morgan fingerprint density at radius 3 is 2.67 bits per heavy atom. The number of amides is 2. The molecule has 1 unspecified atom stereocenters. The smallest absolute Gasteiger partial charge is 0.417 e. The highest BCUT2D eigenvalue weighted by molar-refractivity contribution is 7.80. The Balaban J connectivity index is 2.06. The van der Waals surface area contributed by atoms with Crippen LogP contribution < -0.4 is 5.32 Å². The fourth-order valence-corrected chi connectivity index (χ4v) is 2.15. The molecule has 1 aromatic rings. The number of carbonyl (C=O) groups excluding carboxylic acids is 2. The first-order valence-corrected chi connectivity index (χ1v) is 6.46. The van der Waals surface area contributed by atoms with Crippen LogP contribution in [0.2, 0.25) is 0 Å². The predicted molar refractivity (Wildman–Crippen MR) is 75.2 cm³/mol. The first-order chi connectivity index (χ1) is 9.99. The Morgan fingerprint density at radius 1 is 1.38 bits per heavy atom. The minimum absolute atomic E-state index is 0.0148. The van der Waals surface area contributed by atoms with E-state index in [9.17, 15) is 14.4 Å². The van der Waals surface area contributed by atoms with Crippen molar-refractivity contribution in [1.82, 2.24) is 10.2 Å². The summed E-state index contributed by atoms with van der Waals surface area (Å²) in [5.74, 6) is -1.86. The van der Waals surface area contributed by atoms with Gasteiger partial charge in [-0.3, -0.25) is 4.79 Å². The molecule has 2 rings (SSSR count). The van der Waals surface area contributed by atoms with Gasteiger partial charge in [0.1, 0.15) is 12.6 Å². The van der Waals surface area contributed by atoms with E-state index in [1.807, 2.05) is 6.07 Å². The van der Waals surface area contributed by atoms with Gasteiger partial charge in [-0.15, -0.1) is 0 Å². The summed E-state index contributed by atoms with van der Waals surface area (Å²) in [6.45, 7) is -0.0148. The molecule has 0 aliphatic carbocycles. The van der Waals surface area contributed by atoms with Crippen molar-refractivity contribution in [2.24, 2.45) is 0 Å². The van der Waals surface area contributed by atoms with E-state index >= 15 is 0 Å². The zero-order chi connectivity index (χ0) is 15.4. The van der Waals surface area contributed by atoms with Crippen LogP contribution in [-0.2, 0) is 20.9 Å². The highest BCUT2D eigenvalue weighted by atomic mass is 32.1. The van der Waals surface area contributed by atoms with Crippen molar-refractivity contribution in [3.05, 3.63) is 35.9 Å². The average Bonchev–Trinajstić information content (AvgIpc) is 2.45. The first-order valence-electron chi connectivity index (χ1n) is 6.05. The molecule has 2 amide bonds. The number of hydrogen-bond acceptors (Lipinski definition) is 5. The van der Waals surface area contributed by atoms with Crippen molar-refractivity contribution in [3.8, 4) is 0 Å². The summed E-state index contributed by atoms with van der Waals surface area (Å²) in [7, 11) is 0. The van der Waals surface area contributed by atoms with E-state index in [4.69, 9.17) is 22.1 Å². The molecular weight excluding hydrogens is 296 g/mol. The molecule has 1 atom stereocenters. The Labute approximate surface area is 125 Å². The van der Waals surface area contributed by atoms with Crippen LogP contribution in [0.3, 0.4) is 0 Å². The summed E-state index contributed by atoms with van der Waals surface area (Å²) in [4.78, 5) is 35.2. The molecule has 0 radical (unpaired) electrons. The second kappa shape index (κ2) is 6.31. The number of ether oxygens (including phenoxy) is 1. The van der Waals surface area contributed by atoms with Crippen molar-refractivity contribution < 1.29 is 24.2 Å². The van der Waals surface area contributed by atoms with Gasteiger partial charge < -0.3 is 15.2 Å². The van der Waals surface area contributed by atoms with E-state index in [0.717, 1.165) is 10.5 Å². The molecule has 0 aromatic heterocycles. The molecule has 1 saturated heterocycles. The summed E-state index contributed by atoms with van der Waals surface area (Å²) < 4.78 is 5.04. The van der Waals surface area contributed by atoms with Crippen LogP contribution in [0.4, 0.5) is 4.79 Å². The van der Waals surface area contributed by atoms with Gasteiger partial charge in [-0.25, -0.2) is 14.5 Å². The fourth-order valence-electron chi connectivity index (χ4n) is 1.84. The van der Waals surface area contributed by atoms with Gasteiger partial charge in [-0.2, -0.15) is 0 Å². The number of nitrogens with one attached hydrogen (secondary N) is 1. The topological polar surface area (TPSA) is 95.9 Å². The van der Waals surface area contributed by atoms with E-state index < -0.39 is 24.0 Å². The maximum absolute atomic E-state index is 12.0. The van der Waals surface area contributed by atoms with Gasteiger partial charge in [0, 0.05) is 0 Å². The third-order valence-corrected chi connectivity index (χ3v) is 3.14. The third kappa shape index (κ3) is 3.54. The number of rotatable bonds is 3. The maximum Gasteiger partial charge on any atom is 0.417 e. The largest absolute Gasteiger partial charge is 0.480 e. The van der Waals surface area contributed by atoms with Crippen molar-refractivity contribution in [1.29, 1.82) is 0 Å². The minimum Gasteiger partial charge on any atom is -0.480 e. The van der Waals surface area contributed by atoms with Crippen LogP contribution in [0.1, 0.15) is 12.0 Å². The summed E-state index contributed by atoms with van der Waals surface area (Å²) in [5, 5.41) is 11.1. The lowest BCUT2D eigenvalue weighted by molar-refractivity contribution is -0.144. The number of carboxylic acids is 1. The SMILES string of the molecule is O=C1CC(C(=O)O)N(C(=O)OCc2ccccc2)C(=S)N1.